The first-order valence-electron chi connectivity index (χ1n) is 7.46. The number of hydrogen-bond donors (Lipinski definition) is 1. The SMILES string of the molecule is O=C(NCc1noc(C2CCCO2)n1)c1cccc2ccnn12. The fraction of sp³-hybridized carbons (Fsp3) is 0.333. The van der Waals surface area contributed by atoms with Crippen molar-refractivity contribution in [2.45, 2.75) is 25.5 Å². The standard InChI is InChI=1S/C15H15N5O3/c21-14(11-4-1-3-10-6-7-17-20(10)11)16-9-13-18-15(23-19-13)12-5-2-8-22-12/h1,3-4,6-7,12H,2,5,8-9H2,(H,16,21). The van der Waals surface area contributed by atoms with E-state index in [4.69, 9.17) is 9.26 Å². The molecule has 118 valence electrons. The quantitative estimate of drug-likeness (QED) is 0.784. The number of nitrogens with zero attached hydrogens (tertiary/aromatic N) is 4. The third-order valence-corrected chi connectivity index (χ3v) is 3.75. The van der Waals surface area contributed by atoms with Crippen molar-refractivity contribution in [3.8, 4) is 0 Å². The first-order valence-corrected chi connectivity index (χ1v) is 7.46. The molecule has 0 bridgehead atoms. The lowest BCUT2D eigenvalue weighted by atomic mass is 10.2. The summed E-state index contributed by atoms with van der Waals surface area (Å²) in [5, 5.41) is 10.8. The largest absolute Gasteiger partial charge is 0.368 e. The number of ether oxygens (including phenoxy) is 1. The Balaban J connectivity index is 1.44. The molecule has 3 aromatic heterocycles. The number of carbonyl (C=O) groups is 1. The highest BCUT2D eigenvalue weighted by molar-refractivity contribution is 5.93. The van der Waals surface area contributed by atoms with E-state index in [0.717, 1.165) is 18.4 Å². The Morgan fingerprint density at radius 2 is 2.35 bits per heavy atom. The Bertz CT molecular complexity index is 834. The van der Waals surface area contributed by atoms with E-state index in [9.17, 15) is 4.79 Å². The molecule has 1 fully saturated rings. The van der Waals surface area contributed by atoms with Crippen molar-refractivity contribution in [2.24, 2.45) is 0 Å². The van der Waals surface area contributed by atoms with Crippen molar-refractivity contribution in [2.75, 3.05) is 6.61 Å². The molecular formula is C15H15N5O3. The lowest BCUT2D eigenvalue weighted by Gasteiger charge is -2.05. The van der Waals surface area contributed by atoms with Crippen LogP contribution in [0.15, 0.2) is 35.0 Å². The Morgan fingerprint density at radius 3 is 3.22 bits per heavy atom. The Labute approximate surface area is 131 Å². The summed E-state index contributed by atoms with van der Waals surface area (Å²) in [7, 11) is 0. The maximum Gasteiger partial charge on any atom is 0.270 e. The topological polar surface area (TPSA) is 94.5 Å². The van der Waals surface area contributed by atoms with E-state index in [1.807, 2.05) is 18.2 Å². The minimum Gasteiger partial charge on any atom is -0.368 e. The van der Waals surface area contributed by atoms with Gasteiger partial charge in [0.15, 0.2) is 5.82 Å². The van der Waals surface area contributed by atoms with Crippen molar-refractivity contribution in [3.05, 3.63) is 47.9 Å². The van der Waals surface area contributed by atoms with Gasteiger partial charge in [0.1, 0.15) is 11.8 Å². The van der Waals surface area contributed by atoms with Crippen LogP contribution < -0.4 is 5.32 Å². The van der Waals surface area contributed by atoms with Crippen LogP contribution in [0.3, 0.4) is 0 Å². The second kappa shape index (κ2) is 5.81. The van der Waals surface area contributed by atoms with Crippen LogP contribution in [-0.4, -0.2) is 32.3 Å². The lowest BCUT2D eigenvalue weighted by molar-refractivity contribution is 0.0835. The van der Waals surface area contributed by atoms with Crippen molar-refractivity contribution in [1.29, 1.82) is 0 Å². The van der Waals surface area contributed by atoms with E-state index in [-0.39, 0.29) is 18.6 Å². The van der Waals surface area contributed by atoms with Crippen LogP contribution in [-0.2, 0) is 11.3 Å². The van der Waals surface area contributed by atoms with Crippen LogP contribution in [0.4, 0.5) is 0 Å². The van der Waals surface area contributed by atoms with Gasteiger partial charge in [-0.3, -0.25) is 4.79 Å². The normalized spacial score (nSPS) is 17.7. The molecule has 1 N–H and O–H groups in total. The van der Waals surface area contributed by atoms with Gasteiger partial charge in [-0.2, -0.15) is 10.1 Å². The van der Waals surface area contributed by atoms with Crippen LogP contribution in [0.5, 0.6) is 0 Å². The fourth-order valence-corrected chi connectivity index (χ4v) is 2.61. The molecule has 4 heterocycles. The maximum atomic E-state index is 12.3. The highest BCUT2D eigenvalue weighted by atomic mass is 16.5. The van der Waals surface area contributed by atoms with Gasteiger partial charge in [0.05, 0.1) is 18.3 Å². The molecule has 23 heavy (non-hydrogen) atoms. The van der Waals surface area contributed by atoms with E-state index < -0.39 is 0 Å². The van der Waals surface area contributed by atoms with Crippen molar-refractivity contribution in [1.82, 2.24) is 25.1 Å². The van der Waals surface area contributed by atoms with Gasteiger partial charge in [-0.15, -0.1) is 0 Å². The number of rotatable bonds is 4. The number of carbonyl (C=O) groups excluding carboxylic acids is 1. The summed E-state index contributed by atoms with van der Waals surface area (Å²) >= 11 is 0. The second-order valence-electron chi connectivity index (χ2n) is 5.31. The molecule has 1 unspecified atom stereocenters. The number of amides is 1. The second-order valence-corrected chi connectivity index (χ2v) is 5.31. The van der Waals surface area contributed by atoms with Gasteiger partial charge in [0, 0.05) is 6.61 Å². The molecule has 8 nitrogen and oxygen atoms in total. The van der Waals surface area contributed by atoms with E-state index in [1.54, 1.807) is 16.8 Å². The van der Waals surface area contributed by atoms with Gasteiger partial charge in [-0.05, 0) is 31.0 Å². The molecule has 0 spiro atoms. The molecule has 0 aliphatic carbocycles. The first kappa shape index (κ1) is 13.9. The average Bonchev–Trinajstić information content (AvgIpc) is 3.32. The van der Waals surface area contributed by atoms with Crippen LogP contribution in [0.1, 0.15) is 41.1 Å². The van der Waals surface area contributed by atoms with Crippen LogP contribution in [0.25, 0.3) is 5.52 Å². The predicted octanol–water partition coefficient (Wildman–Crippen LogP) is 1.50. The van der Waals surface area contributed by atoms with Crippen LogP contribution >= 0.6 is 0 Å². The summed E-state index contributed by atoms with van der Waals surface area (Å²) in [5.41, 5.74) is 1.31. The molecular weight excluding hydrogens is 298 g/mol. The van der Waals surface area contributed by atoms with Crippen molar-refractivity contribution in [3.63, 3.8) is 0 Å². The number of fused-ring (bicyclic) bond motifs is 1. The smallest absolute Gasteiger partial charge is 0.270 e. The molecule has 1 aliphatic heterocycles. The summed E-state index contributed by atoms with van der Waals surface area (Å²) in [6.07, 6.45) is 3.41. The lowest BCUT2D eigenvalue weighted by Crippen LogP contribution is -2.25. The summed E-state index contributed by atoms with van der Waals surface area (Å²) in [4.78, 5) is 16.6. The van der Waals surface area contributed by atoms with Gasteiger partial charge in [-0.1, -0.05) is 11.2 Å². The fourth-order valence-electron chi connectivity index (χ4n) is 2.61. The zero-order valence-corrected chi connectivity index (χ0v) is 12.3. The summed E-state index contributed by atoms with van der Waals surface area (Å²) in [5.74, 6) is 0.653. The van der Waals surface area contributed by atoms with E-state index >= 15 is 0 Å². The highest BCUT2D eigenvalue weighted by Crippen LogP contribution is 2.26. The van der Waals surface area contributed by atoms with E-state index in [1.165, 1.54) is 0 Å². The molecule has 3 aromatic rings. The van der Waals surface area contributed by atoms with Crippen LogP contribution in [0.2, 0.25) is 0 Å². The Kier molecular flexibility index (Phi) is 3.51. The zero-order chi connectivity index (χ0) is 15.6. The first-order chi connectivity index (χ1) is 11.3. The molecule has 0 saturated carbocycles. The number of nitrogens with one attached hydrogen (secondary N) is 1. The molecule has 8 heteroatoms. The Hall–Kier alpha value is -2.74. The third-order valence-electron chi connectivity index (χ3n) is 3.75. The molecule has 1 atom stereocenters. The summed E-state index contributed by atoms with van der Waals surface area (Å²) < 4.78 is 12.3. The van der Waals surface area contributed by atoms with E-state index in [0.29, 0.717) is 24.0 Å². The molecule has 0 radical (unpaired) electrons. The van der Waals surface area contributed by atoms with Gasteiger partial charge >= 0.3 is 0 Å². The molecule has 1 amide bonds. The predicted molar refractivity (Wildman–Crippen MR) is 78.6 cm³/mol. The molecule has 4 rings (SSSR count). The van der Waals surface area contributed by atoms with Gasteiger partial charge in [0.25, 0.3) is 11.8 Å². The van der Waals surface area contributed by atoms with Gasteiger partial charge in [0.2, 0.25) is 0 Å². The van der Waals surface area contributed by atoms with Crippen LogP contribution in [0, 0.1) is 0 Å². The average molecular weight is 313 g/mol. The minimum atomic E-state index is -0.247. The van der Waals surface area contributed by atoms with E-state index in [2.05, 4.69) is 20.6 Å². The van der Waals surface area contributed by atoms with Crippen molar-refractivity contribution >= 4 is 11.4 Å². The Morgan fingerprint density at radius 1 is 1.39 bits per heavy atom. The monoisotopic (exact) mass is 313 g/mol. The minimum absolute atomic E-state index is 0.121. The number of hydrogen-bond acceptors (Lipinski definition) is 6. The third kappa shape index (κ3) is 2.68. The van der Waals surface area contributed by atoms with Gasteiger partial charge < -0.3 is 14.6 Å². The highest BCUT2D eigenvalue weighted by Gasteiger charge is 2.24. The van der Waals surface area contributed by atoms with Crippen molar-refractivity contribution < 1.29 is 14.1 Å². The summed E-state index contributed by atoms with van der Waals surface area (Å²) in [6.45, 7) is 0.902. The molecule has 1 saturated heterocycles. The summed E-state index contributed by atoms with van der Waals surface area (Å²) in [6, 6.07) is 7.25. The zero-order valence-electron chi connectivity index (χ0n) is 12.3. The number of aromatic nitrogens is 4. The molecule has 1 aliphatic rings. The number of pyridine rings is 1. The van der Waals surface area contributed by atoms with Gasteiger partial charge in [-0.25, -0.2) is 4.52 Å². The maximum absolute atomic E-state index is 12.3. The molecule has 0 aromatic carbocycles.